The van der Waals surface area contributed by atoms with Crippen LogP contribution in [0.25, 0.3) is 22.0 Å². The fourth-order valence-corrected chi connectivity index (χ4v) is 2.36. The summed E-state index contributed by atoms with van der Waals surface area (Å²) in [5, 5.41) is 4.61. The molecule has 1 aromatic carbocycles. The Morgan fingerprint density at radius 1 is 1.12 bits per heavy atom. The molecule has 1 nitrogen and oxygen atoms in total. The van der Waals surface area contributed by atoms with Gasteiger partial charge in [-0.05, 0) is 40.6 Å². The van der Waals surface area contributed by atoms with Gasteiger partial charge in [0, 0.05) is 17.1 Å². The van der Waals surface area contributed by atoms with Crippen LogP contribution in [-0.4, -0.2) is 4.98 Å². The van der Waals surface area contributed by atoms with Crippen molar-refractivity contribution in [1.29, 1.82) is 0 Å². The fourth-order valence-electron chi connectivity index (χ4n) is 1.70. The summed E-state index contributed by atoms with van der Waals surface area (Å²) in [6.45, 7) is 0. The molecule has 0 aliphatic carbocycles. The molecule has 0 bridgehead atoms. The van der Waals surface area contributed by atoms with Crippen molar-refractivity contribution in [1.82, 2.24) is 4.98 Å². The SMILES string of the molecule is Fc1cccc2ncc(-c3ccsc3)cc12. The van der Waals surface area contributed by atoms with Crippen LogP contribution in [0.2, 0.25) is 0 Å². The average molecular weight is 229 g/mol. The molecule has 3 heteroatoms. The molecule has 78 valence electrons. The minimum Gasteiger partial charge on any atom is -0.256 e. The van der Waals surface area contributed by atoms with Crippen LogP contribution in [0.3, 0.4) is 0 Å². The Bertz CT molecular complexity index is 631. The summed E-state index contributed by atoms with van der Waals surface area (Å²) < 4.78 is 13.6. The van der Waals surface area contributed by atoms with Gasteiger partial charge in [-0.25, -0.2) is 4.39 Å². The van der Waals surface area contributed by atoms with Gasteiger partial charge < -0.3 is 0 Å². The zero-order valence-electron chi connectivity index (χ0n) is 8.35. The van der Waals surface area contributed by atoms with Crippen molar-refractivity contribution >= 4 is 22.2 Å². The van der Waals surface area contributed by atoms with E-state index in [0.29, 0.717) is 10.9 Å². The topological polar surface area (TPSA) is 12.9 Å². The first-order valence-corrected chi connectivity index (χ1v) is 5.86. The first-order valence-electron chi connectivity index (χ1n) is 4.91. The zero-order chi connectivity index (χ0) is 11.0. The first-order chi connectivity index (χ1) is 7.84. The van der Waals surface area contributed by atoms with Crippen LogP contribution in [0.1, 0.15) is 0 Å². The van der Waals surface area contributed by atoms with E-state index in [2.05, 4.69) is 4.98 Å². The standard InChI is InChI=1S/C13H8FNS/c14-12-2-1-3-13-11(12)6-10(7-15-13)9-4-5-16-8-9/h1-8H. The lowest BCUT2D eigenvalue weighted by atomic mass is 10.1. The third-order valence-corrected chi connectivity index (χ3v) is 3.21. The largest absolute Gasteiger partial charge is 0.256 e. The molecule has 2 aromatic heterocycles. The molecule has 0 fully saturated rings. The molecule has 3 aromatic rings. The van der Waals surface area contributed by atoms with Gasteiger partial charge in [-0.1, -0.05) is 6.07 Å². The number of aromatic nitrogens is 1. The summed E-state index contributed by atoms with van der Waals surface area (Å²) in [7, 11) is 0. The lowest BCUT2D eigenvalue weighted by Crippen LogP contribution is -1.84. The highest BCUT2D eigenvalue weighted by molar-refractivity contribution is 7.08. The van der Waals surface area contributed by atoms with Gasteiger partial charge >= 0.3 is 0 Å². The van der Waals surface area contributed by atoms with E-state index in [9.17, 15) is 4.39 Å². The van der Waals surface area contributed by atoms with Crippen molar-refractivity contribution in [3.63, 3.8) is 0 Å². The lowest BCUT2D eigenvalue weighted by molar-refractivity contribution is 0.639. The predicted molar refractivity (Wildman–Crippen MR) is 65.0 cm³/mol. The third-order valence-electron chi connectivity index (χ3n) is 2.53. The smallest absolute Gasteiger partial charge is 0.132 e. The number of nitrogens with zero attached hydrogens (tertiary/aromatic N) is 1. The normalized spacial score (nSPS) is 10.8. The van der Waals surface area contributed by atoms with Crippen molar-refractivity contribution < 1.29 is 4.39 Å². The predicted octanol–water partition coefficient (Wildman–Crippen LogP) is 4.10. The summed E-state index contributed by atoms with van der Waals surface area (Å²) in [6.07, 6.45) is 1.78. The highest BCUT2D eigenvalue weighted by Gasteiger charge is 2.04. The Kier molecular flexibility index (Phi) is 2.18. The molecule has 3 rings (SSSR count). The van der Waals surface area contributed by atoms with E-state index in [0.717, 1.165) is 11.1 Å². The Hall–Kier alpha value is -1.74. The van der Waals surface area contributed by atoms with Crippen molar-refractivity contribution in [3.05, 3.63) is 53.1 Å². The second kappa shape index (κ2) is 3.68. The Labute approximate surface area is 96.2 Å². The number of fused-ring (bicyclic) bond motifs is 1. The molecule has 0 unspecified atom stereocenters. The zero-order valence-corrected chi connectivity index (χ0v) is 9.17. The summed E-state index contributed by atoms with van der Waals surface area (Å²) in [4.78, 5) is 4.26. The van der Waals surface area contributed by atoms with Crippen LogP contribution in [0.4, 0.5) is 4.39 Å². The average Bonchev–Trinajstić information content (AvgIpc) is 2.83. The molecule has 0 atom stereocenters. The highest BCUT2D eigenvalue weighted by atomic mass is 32.1. The summed E-state index contributed by atoms with van der Waals surface area (Å²) in [6, 6.07) is 8.81. The molecule has 0 radical (unpaired) electrons. The van der Waals surface area contributed by atoms with Crippen molar-refractivity contribution in [2.24, 2.45) is 0 Å². The Morgan fingerprint density at radius 3 is 2.88 bits per heavy atom. The number of halogens is 1. The van der Waals surface area contributed by atoms with Crippen molar-refractivity contribution in [2.75, 3.05) is 0 Å². The van der Waals surface area contributed by atoms with Crippen molar-refractivity contribution in [3.8, 4) is 11.1 Å². The molecular formula is C13H8FNS. The van der Waals surface area contributed by atoms with Gasteiger partial charge in [-0.2, -0.15) is 11.3 Å². The van der Waals surface area contributed by atoms with Gasteiger partial charge in [-0.15, -0.1) is 0 Å². The van der Waals surface area contributed by atoms with Gasteiger partial charge in [0.15, 0.2) is 0 Å². The Balaban J connectivity index is 2.27. The molecule has 0 amide bonds. The lowest BCUT2D eigenvalue weighted by Gasteiger charge is -2.01. The summed E-state index contributed by atoms with van der Waals surface area (Å²) >= 11 is 1.62. The van der Waals surface area contributed by atoms with Gasteiger partial charge in [0.05, 0.1) is 5.52 Å². The molecule has 0 saturated carbocycles. The number of hydrogen-bond acceptors (Lipinski definition) is 2. The van der Waals surface area contributed by atoms with Crippen LogP contribution in [0.5, 0.6) is 0 Å². The second-order valence-corrected chi connectivity index (χ2v) is 4.32. The van der Waals surface area contributed by atoms with Gasteiger partial charge in [0.1, 0.15) is 5.82 Å². The number of thiophene rings is 1. The highest BCUT2D eigenvalue weighted by Crippen LogP contribution is 2.25. The number of pyridine rings is 1. The fraction of sp³-hybridized carbons (Fsp3) is 0. The monoisotopic (exact) mass is 229 g/mol. The quantitative estimate of drug-likeness (QED) is 0.612. The van der Waals surface area contributed by atoms with E-state index < -0.39 is 0 Å². The molecule has 0 spiro atoms. The number of benzene rings is 1. The van der Waals surface area contributed by atoms with Crippen molar-refractivity contribution in [2.45, 2.75) is 0 Å². The minimum atomic E-state index is -0.220. The second-order valence-electron chi connectivity index (χ2n) is 3.54. The van der Waals surface area contributed by atoms with E-state index in [4.69, 9.17) is 0 Å². The van der Waals surface area contributed by atoms with Crippen LogP contribution in [0, 0.1) is 5.82 Å². The van der Waals surface area contributed by atoms with Crippen LogP contribution in [0.15, 0.2) is 47.3 Å². The summed E-state index contributed by atoms with van der Waals surface area (Å²) in [5.74, 6) is -0.220. The van der Waals surface area contributed by atoms with E-state index in [-0.39, 0.29) is 5.82 Å². The number of hydrogen-bond donors (Lipinski definition) is 0. The van der Waals surface area contributed by atoms with E-state index in [1.54, 1.807) is 23.6 Å². The molecular weight excluding hydrogens is 221 g/mol. The maximum Gasteiger partial charge on any atom is 0.132 e. The third kappa shape index (κ3) is 1.49. The van der Waals surface area contributed by atoms with Crippen LogP contribution >= 0.6 is 11.3 Å². The maximum atomic E-state index is 13.6. The van der Waals surface area contributed by atoms with Crippen LogP contribution in [-0.2, 0) is 0 Å². The van der Waals surface area contributed by atoms with E-state index in [1.807, 2.05) is 29.0 Å². The summed E-state index contributed by atoms with van der Waals surface area (Å²) in [5.41, 5.74) is 2.74. The van der Waals surface area contributed by atoms with Gasteiger partial charge in [0.2, 0.25) is 0 Å². The van der Waals surface area contributed by atoms with Gasteiger partial charge in [0.25, 0.3) is 0 Å². The Morgan fingerprint density at radius 2 is 2.06 bits per heavy atom. The van der Waals surface area contributed by atoms with E-state index in [1.165, 1.54) is 6.07 Å². The molecule has 0 saturated heterocycles. The van der Waals surface area contributed by atoms with Crippen LogP contribution < -0.4 is 0 Å². The maximum absolute atomic E-state index is 13.6. The molecule has 0 N–H and O–H groups in total. The van der Waals surface area contributed by atoms with Gasteiger partial charge in [-0.3, -0.25) is 4.98 Å². The minimum absolute atomic E-state index is 0.220. The molecule has 16 heavy (non-hydrogen) atoms. The van der Waals surface area contributed by atoms with E-state index >= 15 is 0 Å². The molecule has 0 aliphatic rings. The first kappa shape index (κ1) is 9.48. The molecule has 0 aliphatic heterocycles. The number of rotatable bonds is 1. The molecule has 2 heterocycles.